The molecule has 1 atom stereocenters. The van der Waals surface area contributed by atoms with Crippen LogP contribution in [0.25, 0.3) is 5.52 Å². The van der Waals surface area contributed by atoms with Crippen LogP contribution < -0.4 is 10.2 Å². The molecule has 0 amide bonds. The minimum absolute atomic E-state index is 0.727. The Morgan fingerprint density at radius 2 is 2.41 bits per heavy atom. The third-order valence-electron chi connectivity index (χ3n) is 3.38. The van der Waals surface area contributed by atoms with Gasteiger partial charge >= 0.3 is 0 Å². The van der Waals surface area contributed by atoms with Crippen molar-refractivity contribution in [1.29, 1.82) is 0 Å². The maximum Gasteiger partial charge on any atom is 0.154 e. The van der Waals surface area contributed by atoms with Gasteiger partial charge in [0.25, 0.3) is 0 Å². The molecule has 5 heteroatoms. The highest BCUT2D eigenvalue weighted by Crippen LogP contribution is 2.24. The van der Waals surface area contributed by atoms with Gasteiger partial charge < -0.3 is 10.2 Å². The molecule has 1 aliphatic heterocycles. The second kappa shape index (κ2) is 4.33. The van der Waals surface area contributed by atoms with E-state index in [9.17, 15) is 0 Å². The summed E-state index contributed by atoms with van der Waals surface area (Å²) in [6, 6.07) is 2.02. The number of fused-ring (bicyclic) bond motifs is 1. The summed E-state index contributed by atoms with van der Waals surface area (Å²) in [6.45, 7) is 3.25. The largest absolute Gasteiger partial charge is 0.354 e. The van der Waals surface area contributed by atoms with Crippen molar-refractivity contribution in [1.82, 2.24) is 19.9 Å². The number of nitrogens with zero attached hydrogens (tertiary/aromatic N) is 4. The molecule has 1 N–H and O–H groups in total. The number of anilines is 1. The highest BCUT2D eigenvalue weighted by Gasteiger charge is 2.24. The summed E-state index contributed by atoms with van der Waals surface area (Å²) in [5.41, 5.74) is 1.10. The lowest BCUT2D eigenvalue weighted by Crippen LogP contribution is -2.25. The molecule has 17 heavy (non-hydrogen) atoms. The lowest BCUT2D eigenvalue weighted by atomic mass is 10.1. The van der Waals surface area contributed by atoms with Crippen LogP contribution in [0.1, 0.15) is 6.42 Å². The smallest absolute Gasteiger partial charge is 0.154 e. The molecular formula is C12H17N5. The average Bonchev–Trinajstić information content (AvgIpc) is 2.96. The zero-order valence-electron chi connectivity index (χ0n) is 10.0. The van der Waals surface area contributed by atoms with Gasteiger partial charge in [0.1, 0.15) is 5.52 Å². The Labute approximate surface area is 100 Å². The molecule has 0 aromatic carbocycles. The van der Waals surface area contributed by atoms with E-state index in [2.05, 4.69) is 20.3 Å². The third-order valence-corrected chi connectivity index (χ3v) is 3.38. The predicted octanol–water partition coefficient (Wildman–Crippen LogP) is 0.775. The number of hydrogen-bond donors (Lipinski definition) is 1. The number of aromatic nitrogens is 3. The van der Waals surface area contributed by atoms with Crippen LogP contribution in [-0.2, 0) is 0 Å². The fourth-order valence-corrected chi connectivity index (χ4v) is 2.57. The second-order valence-corrected chi connectivity index (χ2v) is 4.57. The van der Waals surface area contributed by atoms with Crippen molar-refractivity contribution in [2.24, 2.45) is 5.92 Å². The molecule has 3 heterocycles. The average molecular weight is 231 g/mol. The molecular weight excluding hydrogens is 214 g/mol. The summed E-state index contributed by atoms with van der Waals surface area (Å²) in [5.74, 6) is 1.79. The normalized spacial score (nSPS) is 20.3. The first kappa shape index (κ1) is 10.5. The van der Waals surface area contributed by atoms with E-state index < -0.39 is 0 Å². The van der Waals surface area contributed by atoms with E-state index >= 15 is 0 Å². The molecule has 1 saturated heterocycles. The molecule has 1 unspecified atom stereocenters. The molecule has 0 saturated carbocycles. The predicted molar refractivity (Wildman–Crippen MR) is 67.2 cm³/mol. The van der Waals surface area contributed by atoms with E-state index in [1.165, 1.54) is 6.42 Å². The maximum atomic E-state index is 4.50. The Bertz CT molecular complexity index is 506. The lowest BCUT2D eigenvalue weighted by Gasteiger charge is -2.18. The van der Waals surface area contributed by atoms with Gasteiger partial charge in [0.05, 0.1) is 6.20 Å². The minimum Gasteiger partial charge on any atom is -0.354 e. The molecule has 0 bridgehead atoms. The van der Waals surface area contributed by atoms with E-state index in [1.54, 1.807) is 0 Å². The van der Waals surface area contributed by atoms with Gasteiger partial charge in [0.2, 0.25) is 0 Å². The van der Waals surface area contributed by atoms with Crippen molar-refractivity contribution in [3.63, 3.8) is 0 Å². The highest BCUT2D eigenvalue weighted by atomic mass is 15.3. The van der Waals surface area contributed by atoms with Crippen LogP contribution in [0.2, 0.25) is 0 Å². The topological polar surface area (TPSA) is 45.5 Å². The Balaban J connectivity index is 1.87. The van der Waals surface area contributed by atoms with Crippen molar-refractivity contribution in [3.05, 3.63) is 24.7 Å². The van der Waals surface area contributed by atoms with Crippen molar-refractivity contribution < 1.29 is 0 Å². The minimum atomic E-state index is 0.727. The fraction of sp³-hybridized carbons (Fsp3) is 0.500. The van der Waals surface area contributed by atoms with Crippen LogP contribution in [0.4, 0.5) is 5.82 Å². The summed E-state index contributed by atoms with van der Waals surface area (Å²) in [5, 5.41) is 7.49. The quantitative estimate of drug-likeness (QED) is 0.847. The van der Waals surface area contributed by atoms with E-state index in [0.29, 0.717) is 0 Å². The summed E-state index contributed by atoms with van der Waals surface area (Å²) in [4.78, 5) is 6.86. The summed E-state index contributed by atoms with van der Waals surface area (Å²) < 4.78 is 1.88. The third kappa shape index (κ3) is 1.86. The van der Waals surface area contributed by atoms with Crippen molar-refractivity contribution in [2.45, 2.75) is 6.42 Å². The molecule has 3 rings (SSSR count). The van der Waals surface area contributed by atoms with Gasteiger partial charge in [-0.15, -0.1) is 0 Å². The van der Waals surface area contributed by atoms with Crippen LogP contribution in [0, 0.1) is 5.92 Å². The van der Waals surface area contributed by atoms with Gasteiger partial charge in [-0.3, -0.25) is 0 Å². The lowest BCUT2D eigenvalue weighted by molar-refractivity contribution is 0.549. The molecule has 0 spiro atoms. The molecule has 0 radical (unpaired) electrons. The van der Waals surface area contributed by atoms with Crippen molar-refractivity contribution >= 4 is 11.3 Å². The van der Waals surface area contributed by atoms with Crippen LogP contribution in [0.5, 0.6) is 0 Å². The molecule has 0 aliphatic carbocycles. The Kier molecular flexibility index (Phi) is 2.68. The van der Waals surface area contributed by atoms with Crippen LogP contribution in [-0.4, -0.2) is 41.3 Å². The van der Waals surface area contributed by atoms with Gasteiger partial charge in [0, 0.05) is 25.5 Å². The zero-order valence-corrected chi connectivity index (χ0v) is 10.0. The molecule has 1 aliphatic rings. The van der Waals surface area contributed by atoms with Gasteiger partial charge in [-0.05, 0) is 32.0 Å². The first-order chi connectivity index (χ1) is 8.38. The molecule has 5 nitrogen and oxygen atoms in total. The van der Waals surface area contributed by atoms with Gasteiger partial charge in [-0.25, -0.2) is 9.50 Å². The second-order valence-electron chi connectivity index (χ2n) is 4.57. The van der Waals surface area contributed by atoms with E-state index in [-0.39, 0.29) is 0 Å². The van der Waals surface area contributed by atoms with Gasteiger partial charge in [0.15, 0.2) is 5.82 Å². The fourth-order valence-electron chi connectivity index (χ4n) is 2.57. The number of nitrogens with one attached hydrogen (secondary N) is 1. The Hall–Kier alpha value is -1.62. The van der Waals surface area contributed by atoms with Gasteiger partial charge in [-0.2, -0.15) is 5.10 Å². The van der Waals surface area contributed by atoms with E-state index in [4.69, 9.17) is 0 Å². The van der Waals surface area contributed by atoms with Crippen LogP contribution >= 0.6 is 0 Å². The van der Waals surface area contributed by atoms with E-state index in [1.807, 2.05) is 36.2 Å². The number of hydrogen-bond acceptors (Lipinski definition) is 4. The monoisotopic (exact) mass is 231 g/mol. The van der Waals surface area contributed by atoms with Crippen LogP contribution in [0.15, 0.2) is 24.7 Å². The first-order valence-corrected chi connectivity index (χ1v) is 6.06. The summed E-state index contributed by atoms with van der Waals surface area (Å²) in [7, 11) is 2.01. The maximum absolute atomic E-state index is 4.50. The number of rotatable bonds is 3. The zero-order chi connectivity index (χ0) is 11.7. The first-order valence-electron chi connectivity index (χ1n) is 6.06. The van der Waals surface area contributed by atoms with Gasteiger partial charge in [-0.1, -0.05) is 0 Å². The molecule has 2 aromatic rings. The Morgan fingerprint density at radius 3 is 3.29 bits per heavy atom. The molecule has 1 fully saturated rings. The Morgan fingerprint density at radius 1 is 1.47 bits per heavy atom. The highest BCUT2D eigenvalue weighted by molar-refractivity contribution is 5.68. The van der Waals surface area contributed by atoms with E-state index in [0.717, 1.165) is 36.9 Å². The molecule has 2 aromatic heterocycles. The standard InChI is InChI=1S/C12H17N5/c1-13-8-10-3-6-16(9-10)12-11-2-4-15-17(11)7-5-14-12/h2,4-5,7,10,13H,3,6,8-9H2,1H3. The summed E-state index contributed by atoms with van der Waals surface area (Å²) in [6.07, 6.45) is 6.76. The van der Waals surface area contributed by atoms with Crippen molar-refractivity contribution in [3.8, 4) is 0 Å². The van der Waals surface area contributed by atoms with Crippen molar-refractivity contribution in [2.75, 3.05) is 31.6 Å². The SMILES string of the molecule is CNCC1CCN(c2nccn3nccc23)C1. The molecule has 90 valence electrons. The van der Waals surface area contributed by atoms with Crippen LogP contribution in [0.3, 0.4) is 0 Å². The summed E-state index contributed by atoms with van der Waals surface area (Å²) >= 11 is 0.